The van der Waals surface area contributed by atoms with Crippen LogP contribution in [0.1, 0.15) is 39.2 Å². The van der Waals surface area contributed by atoms with Gasteiger partial charge in [0.05, 0.1) is 0 Å². The summed E-state index contributed by atoms with van der Waals surface area (Å²) in [5, 5.41) is 3.55. The molecule has 19 heavy (non-hydrogen) atoms. The maximum Gasteiger partial charge on any atom is 0.123 e. The van der Waals surface area contributed by atoms with Gasteiger partial charge in [-0.2, -0.15) is 0 Å². The maximum atomic E-state index is 6.03. The highest BCUT2D eigenvalue weighted by molar-refractivity contribution is 5.34. The van der Waals surface area contributed by atoms with Crippen LogP contribution in [0.5, 0.6) is 5.75 Å². The predicted octanol–water partition coefficient (Wildman–Crippen LogP) is 3.96. The molecule has 1 aromatic carbocycles. The van der Waals surface area contributed by atoms with Gasteiger partial charge < -0.3 is 10.1 Å². The van der Waals surface area contributed by atoms with Crippen LogP contribution in [0, 0.1) is 0 Å². The minimum absolute atomic E-state index is 0.173. The Morgan fingerprint density at radius 2 is 1.95 bits per heavy atom. The molecule has 0 amide bonds. The fraction of sp³-hybridized carbons (Fsp3) is 0.529. The summed E-state index contributed by atoms with van der Waals surface area (Å²) in [4.78, 5) is 0. The third-order valence-corrected chi connectivity index (χ3v) is 3.34. The number of hydrogen-bond donors (Lipinski definition) is 1. The Labute approximate surface area is 117 Å². The van der Waals surface area contributed by atoms with Crippen molar-refractivity contribution in [3.8, 4) is 5.75 Å². The Kier molecular flexibility index (Phi) is 7.27. The van der Waals surface area contributed by atoms with Gasteiger partial charge in [-0.3, -0.25) is 0 Å². The van der Waals surface area contributed by atoms with E-state index in [-0.39, 0.29) is 6.10 Å². The summed E-state index contributed by atoms with van der Waals surface area (Å²) in [7, 11) is 0. The zero-order valence-electron chi connectivity index (χ0n) is 12.5. The molecular formula is C17H27NO. The van der Waals surface area contributed by atoms with Crippen LogP contribution in [0.25, 0.3) is 0 Å². The van der Waals surface area contributed by atoms with Crippen LogP contribution in [0.15, 0.2) is 36.9 Å². The first-order valence-electron chi connectivity index (χ1n) is 7.30. The van der Waals surface area contributed by atoms with Crippen LogP contribution < -0.4 is 10.1 Å². The van der Waals surface area contributed by atoms with Gasteiger partial charge in [0.2, 0.25) is 0 Å². The molecule has 106 valence electrons. The van der Waals surface area contributed by atoms with Gasteiger partial charge in [0.15, 0.2) is 0 Å². The molecule has 0 fully saturated rings. The summed E-state index contributed by atoms with van der Waals surface area (Å²) in [5.41, 5.74) is 1.20. The lowest BCUT2D eigenvalue weighted by Crippen LogP contribution is -2.36. The molecular weight excluding hydrogens is 234 g/mol. The van der Waals surface area contributed by atoms with Gasteiger partial charge >= 0.3 is 0 Å². The quantitative estimate of drug-likeness (QED) is 0.679. The van der Waals surface area contributed by atoms with Gasteiger partial charge in [-0.1, -0.05) is 38.1 Å². The lowest BCUT2D eigenvalue weighted by molar-refractivity contribution is 0.208. The Morgan fingerprint density at radius 1 is 1.26 bits per heavy atom. The standard InChI is InChI=1S/C17H27NO/c1-5-10-15-11-8-9-12-17(15)19-14(4)13-18-16(6-2)7-3/h5,8-9,11-12,14,16,18H,1,6-7,10,13H2,2-4H3. The van der Waals surface area contributed by atoms with E-state index in [2.05, 4.69) is 38.7 Å². The van der Waals surface area contributed by atoms with Crippen LogP contribution in [0.3, 0.4) is 0 Å². The zero-order valence-corrected chi connectivity index (χ0v) is 12.5. The molecule has 0 aliphatic heterocycles. The fourth-order valence-corrected chi connectivity index (χ4v) is 2.11. The highest BCUT2D eigenvalue weighted by Crippen LogP contribution is 2.20. The van der Waals surface area contributed by atoms with Crippen LogP contribution >= 0.6 is 0 Å². The van der Waals surface area contributed by atoms with E-state index in [9.17, 15) is 0 Å². The molecule has 0 saturated carbocycles. The summed E-state index contributed by atoms with van der Waals surface area (Å²) in [5.74, 6) is 0.973. The Balaban J connectivity index is 2.51. The van der Waals surface area contributed by atoms with E-state index in [1.54, 1.807) is 0 Å². The van der Waals surface area contributed by atoms with E-state index < -0.39 is 0 Å². The second-order valence-electron chi connectivity index (χ2n) is 4.95. The zero-order chi connectivity index (χ0) is 14.1. The number of benzene rings is 1. The first-order valence-corrected chi connectivity index (χ1v) is 7.30. The summed E-state index contributed by atoms with van der Waals surface area (Å²) >= 11 is 0. The number of hydrogen-bond acceptors (Lipinski definition) is 2. The molecule has 0 aliphatic carbocycles. The average molecular weight is 261 g/mol. The van der Waals surface area contributed by atoms with Gasteiger partial charge in [0, 0.05) is 12.6 Å². The van der Waals surface area contributed by atoms with Crippen LogP contribution in [-0.2, 0) is 6.42 Å². The SMILES string of the molecule is C=CCc1ccccc1OC(C)CNC(CC)CC. The molecule has 2 nitrogen and oxygen atoms in total. The highest BCUT2D eigenvalue weighted by Gasteiger charge is 2.09. The third-order valence-electron chi connectivity index (χ3n) is 3.34. The van der Waals surface area contributed by atoms with E-state index >= 15 is 0 Å². The Bertz CT molecular complexity index is 371. The van der Waals surface area contributed by atoms with Crippen LogP contribution in [-0.4, -0.2) is 18.7 Å². The van der Waals surface area contributed by atoms with Gasteiger partial charge in [-0.05, 0) is 37.8 Å². The summed E-state index contributed by atoms with van der Waals surface area (Å²) < 4.78 is 6.03. The van der Waals surface area contributed by atoms with E-state index in [1.807, 2.05) is 24.3 Å². The van der Waals surface area contributed by atoms with Gasteiger partial charge in [0.1, 0.15) is 11.9 Å². The lowest BCUT2D eigenvalue weighted by atomic mass is 10.1. The number of nitrogens with one attached hydrogen (secondary N) is 1. The fourth-order valence-electron chi connectivity index (χ4n) is 2.11. The molecule has 0 heterocycles. The van der Waals surface area contributed by atoms with E-state index in [0.29, 0.717) is 6.04 Å². The number of rotatable bonds is 9. The van der Waals surface area contributed by atoms with Crippen molar-refractivity contribution in [3.05, 3.63) is 42.5 Å². The largest absolute Gasteiger partial charge is 0.489 e. The smallest absolute Gasteiger partial charge is 0.123 e. The minimum atomic E-state index is 0.173. The summed E-state index contributed by atoms with van der Waals surface area (Å²) in [6.07, 6.45) is 5.26. The summed E-state index contributed by atoms with van der Waals surface area (Å²) in [6, 6.07) is 8.78. The minimum Gasteiger partial charge on any atom is -0.489 e. The monoisotopic (exact) mass is 261 g/mol. The van der Waals surface area contributed by atoms with E-state index in [1.165, 1.54) is 5.56 Å². The normalized spacial score (nSPS) is 12.4. The van der Waals surface area contributed by atoms with E-state index in [4.69, 9.17) is 4.74 Å². The molecule has 2 heteroatoms. The number of allylic oxidation sites excluding steroid dienone is 1. The van der Waals surface area contributed by atoms with Crippen molar-refractivity contribution in [1.82, 2.24) is 5.32 Å². The molecule has 0 aliphatic rings. The lowest BCUT2D eigenvalue weighted by Gasteiger charge is -2.21. The van der Waals surface area contributed by atoms with Gasteiger partial charge in [-0.25, -0.2) is 0 Å². The summed E-state index contributed by atoms with van der Waals surface area (Å²) in [6.45, 7) is 11.2. The van der Waals surface area contributed by atoms with Crippen LogP contribution in [0.4, 0.5) is 0 Å². The molecule has 0 bridgehead atoms. The molecule has 1 aromatic rings. The van der Waals surface area contributed by atoms with Crippen molar-refractivity contribution in [1.29, 1.82) is 0 Å². The van der Waals surface area contributed by atoms with Crippen molar-refractivity contribution < 1.29 is 4.74 Å². The van der Waals surface area contributed by atoms with Gasteiger partial charge in [-0.15, -0.1) is 6.58 Å². The van der Waals surface area contributed by atoms with Gasteiger partial charge in [0.25, 0.3) is 0 Å². The highest BCUT2D eigenvalue weighted by atomic mass is 16.5. The molecule has 1 N–H and O–H groups in total. The molecule has 0 aromatic heterocycles. The van der Waals surface area contributed by atoms with Crippen molar-refractivity contribution >= 4 is 0 Å². The predicted molar refractivity (Wildman–Crippen MR) is 82.8 cm³/mol. The van der Waals surface area contributed by atoms with Crippen molar-refractivity contribution in [2.75, 3.05) is 6.54 Å². The molecule has 1 rings (SSSR count). The van der Waals surface area contributed by atoms with Crippen molar-refractivity contribution in [3.63, 3.8) is 0 Å². The second kappa shape index (κ2) is 8.76. The third kappa shape index (κ3) is 5.48. The Hall–Kier alpha value is -1.28. The topological polar surface area (TPSA) is 21.3 Å². The molecule has 0 radical (unpaired) electrons. The average Bonchev–Trinajstić information content (AvgIpc) is 2.42. The molecule has 1 atom stereocenters. The van der Waals surface area contributed by atoms with E-state index in [0.717, 1.165) is 31.6 Å². The first-order chi connectivity index (χ1) is 9.21. The Morgan fingerprint density at radius 3 is 2.58 bits per heavy atom. The molecule has 0 saturated heterocycles. The van der Waals surface area contributed by atoms with Crippen molar-refractivity contribution in [2.45, 2.75) is 52.2 Å². The van der Waals surface area contributed by atoms with Crippen molar-refractivity contribution in [2.24, 2.45) is 0 Å². The molecule has 1 unspecified atom stereocenters. The number of para-hydroxylation sites is 1. The first kappa shape index (κ1) is 15.8. The maximum absolute atomic E-state index is 6.03. The van der Waals surface area contributed by atoms with Crippen LogP contribution in [0.2, 0.25) is 0 Å². The second-order valence-corrected chi connectivity index (χ2v) is 4.95. The molecule has 0 spiro atoms. The number of ether oxygens (including phenoxy) is 1.